The summed E-state index contributed by atoms with van der Waals surface area (Å²) in [5.74, 6) is -8.03. The van der Waals surface area contributed by atoms with E-state index in [4.69, 9.17) is 0 Å². The van der Waals surface area contributed by atoms with E-state index in [0.717, 1.165) is 0 Å². The van der Waals surface area contributed by atoms with Gasteiger partial charge in [-0.2, -0.15) is 13.6 Å². The molecule has 170 valence electrons. The number of hydrogen-bond donors (Lipinski definition) is 1. The Balaban J connectivity index is 1.62. The van der Waals surface area contributed by atoms with Crippen molar-refractivity contribution in [3.05, 3.63) is 95.1 Å². The number of alkyl halides is 2. The van der Waals surface area contributed by atoms with Gasteiger partial charge in [-0.15, -0.1) is 0 Å². The number of benzene rings is 2. The first-order valence-electron chi connectivity index (χ1n) is 9.22. The Hall–Kier alpha value is -3.93. The Morgan fingerprint density at radius 3 is 2.45 bits per heavy atom. The molecule has 1 N–H and O–H groups in total. The summed E-state index contributed by atoms with van der Waals surface area (Å²) in [6, 6.07) is 7.36. The molecule has 0 aliphatic carbocycles. The number of hydroxylamine groups is 1. The summed E-state index contributed by atoms with van der Waals surface area (Å²) in [4.78, 5) is 24.7. The van der Waals surface area contributed by atoms with Crippen LogP contribution < -0.4 is 5.48 Å². The molecule has 0 saturated heterocycles. The lowest BCUT2D eigenvalue weighted by molar-refractivity contribution is -0.274. The van der Waals surface area contributed by atoms with Crippen LogP contribution in [0.2, 0.25) is 0 Å². The van der Waals surface area contributed by atoms with E-state index in [1.54, 1.807) is 0 Å². The van der Waals surface area contributed by atoms with Gasteiger partial charge in [-0.25, -0.2) is 28.0 Å². The molecule has 4 rings (SSSR count). The largest absolute Gasteiger partial charge is 0.405 e. The van der Waals surface area contributed by atoms with Crippen LogP contribution >= 0.6 is 0 Å². The van der Waals surface area contributed by atoms with Crippen LogP contribution in [0.1, 0.15) is 21.7 Å². The fraction of sp³-hybridized carbons (Fsp3) is 0.0952. The zero-order valence-corrected chi connectivity index (χ0v) is 16.3. The lowest BCUT2D eigenvalue weighted by Crippen LogP contribution is -2.34. The summed E-state index contributed by atoms with van der Waals surface area (Å²) in [6.45, 7) is -0.000574. The minimum atomic E-state index is -4.54. The molecular weight excluding hydrogens is 454 g/mol. The maximum Gasteiger partial charge on any atom is 0.405 e. The Morgan fingerprint density at radius 2 is 1.73 bits per heavy atom. The fourth-order valence-corrected chi connectivity index (χ4v) is 3.04. The number of pyridine rings is 1. The van der Waals surface area contributed by atoms with Gasteiger partial charge < -0.3 is 4.57 Å². The van der Waals surface area contributed by atoms with Gasteiger partial charge in [0, 0.05) is 12.7 Å². The zero-order valence-electron chi connectivity index (χ0n) is 16.3. The highest BCUT2D eigenvalue weighted by molar-refractivity contribution is 5.94. The Bertz CT molecular complexity index is 1340. The normalized spacial score (nSPS) is 11.7. The molecule has 0 bridgehead atoms. The molecule has 4 aromatic rings. The maximum atomic E-state index is 14.3. The second-order valence-corrected chi connectivity index (χ2v) is 6.79. The van der Waals surface area contributed by atoms with Gasteiger partial charge in [0.05, 0.1) is 22.8 Å². The van der Waals surface area contributed by atoms with Gasteiger partial charge in [-0.1, -0.05) is 12.1 Å². The second kappa shape index (κ2) is 8.54. The fourth-order valence-electron chi connectivity index (χ4n) is 3.04. The molecule has 0 aliphatic rings. The van der Waals surface area contributed by atoms with Crippen LogP contribution in [-0.2, 0) is 17.5 Å². The smallest absolute Gasteiger partial charge is 0.314 e. The van der Waals surface area contributed by atoms with Gasteiger partial charge in [0.25, 0.3) is 0 Å². The molecule has 0 atom stereocenters. The second-order valence-electron chi connectivity index (χ2n) is 6.79. The number of fused-ring (bicyclic) bond motifs is 1. The molecule has 0 unspecified atom stereocenters. The molecule has 6 nitrogen and oxygen atoms in total. The van der Waals surface area contributed by atoms with E-state index >= 15 is 0 Å². The van der Waals surface area contributed by atoms with Crippen molar-refractivity contribution in [2.45, 2.75) is 12.7 Å². The van der Waals surface area contributed by atoms with Crippen LogP contribution in [0.5, 0.6) is 0 Å². The number of imidazole rings is 1. The molecule has 0 saturated carbocycles. The Morgan fingerprint density at radius 1 is 1.00 bits per heavy atom. The molecule has 12 heteroatoms. The van der Waals surface area contributed by atoms with Crippen molar-refractivity contribution in [2.24, 2.45) is 0 Å². The highest BCUT2D eigenvalue weighted by Gasteiger charge is 2.39. The van der Waals surface area contributed by atoms with Crippen molar-refractivity contribution >= 4 is 16.9 Å². The number of nitrogens with zero attached hydrogens (tertiary/aromatic N) is 3. The number of carbonyl (C=O) groups excluding carboxylic acids is 1. The highest BCUT2D eigenvalue weighted by atomic mass is 19.3. The molecular formula is C21H12F6N4O2. The van der Waals surface area contributed by atoms with Crippen molar-refractivity contribution in [1.29, 1.82) is 0 Å². The van der Waals surface area contributed by atoms with Crippen LogP contribution in [0.3, 0.4) is 0 Å². The van der Waals surface area contributed by atoms with Crippen LogP contribution in [0, 0.1) is 23.3 Å². The van der Waals surface area contributed by atoms with Crippen molar-refractivity contribution in [1.82, 2.24) is 20.0 Å². The summed E-state index contributed by atoms with van der Waals surface area (Å²) < 4.78 is 83.1. The number of amides is 1. The van der Waals surface area contributed by atoms with E-state index in [1.165, 1.54) is 52.8 Å². The predicted octanol–water partition coefficient (Wildman–Crippen LogP) is 4.45. The number of hydrogen-bond acceptors (Lipinski definition) is 4. The minimum Gasteiger partial charge on any atom is -0.314 e. The first-order chi connectivity index (χ1) is 15.7. The summed E-state index contributed by atoms with van der Waals surface area (Å²) in [7, 11) is 0. The highest BCUT2D eigenvalue weighted by Crippen LogP contribution is 2.32. The zero-order chi connectivity index (χ0) is 23.8. The Labute approximate surface area is 181 Å². The number of nitrogens with one attached hydrogen (secondary N) is 1. The monoisotopic (exact) mass is 466 g/mol. The van der Waals surface area contributed by atoms with E-state index < -0.39 is 40.8 Å². The topological polar surface area (TPSA) is 69.0 Å². The lowest BCUT2D eigenvalue weighted by Gasteiger charge is -2.18. The standard InChI is InChI=1S/C21H12F6N4O2/c22-12-3-1-11(2-4-12)10-31-16-9-28-8-7-15(16)29-19(31)20(32)30-33-21(26,27)13-5-6-14(23)18(25)17(13)24/h1-9H,10H2,(H,30,32). The summed E-state index contributed by atoms with van der Waals surface area (Å²) in [5.41, 5.74) is 1.07. The average Bonchev–Trinajstić information content (AvgIpc) is 3.16. The van der Waals surface area contributed by atoms with Crippen LogP contribution in [0.15, 0.2) is 54.9 Å². The van der Waals surface area contributed by atoms with Crippen LogP contribution in [-0.4, -0.2) is 20.4 Å². The first-order valence-corrected chi connectivity index (χ1v) is 9.22. The van der Waals surface area contributed by atoms with Gasteiger partial charge in [-0.3, -0.25) is 9.78 Å². The minimum absolute atomic E-state index is 0.000574. The summed E-state index contributed by atoms with van der Waals surface area (Å²) in [5, 5.41) is 0. The van der Waals surface area contributed by atoms with E-state index in [9.17, 15) is 31.1 Å². The third-order valence-corrected chi connectivity index (χ3v) is 4.63. The SMILES string of the molecule is O=C(NOC(F)(F)c1ccc(F)c(F)c1F)c1nc2ccncc2n1Cc1ccc(F)cc1. The molecule has 1 amide bonds. The molecule has 33 heavy (non-hydrogen) atoms. The van der Waals surface area contributed by atoms with Crippen LogP contribution in [0.25, 0.3) is 11.0 Å². The molecule has 2 aromatic heterocycles. The van der Waals surface area contributed by atoms with Gasteiger partial charge in [0.15, 0.2) is 17.5 Å². The number of carbonyl (C=O) groups is 1. The van der Waals surface area contributed by atoms with Gasteiger partial charge in [-0.05, 0) is 35.9 Å². The third kappa shape index (κ3) is 4.37. The lowest BCUT2D eigenvalue weighted by atomic mass is 10.2. The van der Waals surface area contributed by atoms with Gasteiger partial charge in [0.2, 0.25) is 5.82 Å². The molecule has 2 heterocycles. The summed E-state index contributed by atoms with van der Waals surface area (Å²) >= 11 is 0. The van der Waals surface area contributed by atoms with E-state index in [1.807, 2.05) is 0 Å². The van der Waals surface area contributed by atoms with Crippen molar-refractivity contribution < 1.29 is 36.0 Å². The number of halogens is 6. The van der Waals surface area contributed by atoms with E-state index in [0.29, 0.717) is 22.7 Å². The molecule has 2 aromatic carbocycles. The quantitative estimate of drug-likeness (QED) is 0.259. The van der Waals surface area contributed by atoms with Crippen molar-refractivity contribution in [3.8, 4) is 0 Å². The maximum absolute atomic E-state index is 14.3. The van der Waals surface area contributed by atoms with Gasteiger partial charge in [0.1, 0.15) is 5.82 Å². The Kier molecular flexibility index (Phi) is 5.77. The number of rotatable bonds is 6. The van der Waals surface area contributed by atoms with Gasteiger partial charge >= 0.3 is 12.0 Å². The van der Waals surface area contributed by atoms with Crippen LogP contribution in [0.4, 0.5) is 26.3 Å². The van der Waals surface area contributed by atoms with E-state index in [-0.39, 0.29) is 18.4 Å². The first kappa shape index (κ1) is 22.3. The third-order valence-electron chi connectivity index (χ3n) is 4.63. The van der Waals surface area contributed by atoms with E-state index in [2.05, 4.69) is 14.8 Å². The van der Waals surface area contributed by atoms with Crippen molar-refractivity contribution in [2.75, 3.05) is 0 Å². The molecule has 0 radical (unpaired) electrons. The molecule has 0 spiro atoms. The predicted molar refractivity (Wildman–Crippen MR) is 102 cm³/mol. The molecule has 0 fully saturated rings. The average molecular weight is 466 g/mol. The number of aromatic nitrogens is 3. The molecule has 0 aliphatic heterocycles. The summed E-state index contributed by atoms with van der Waals surface area (Å²) in [6.07, 6.45) is -1.76. The van der Waals surface area contributed by atoms with Crippen molar-refractivity contribution in [3.63, 3.8) is 0 Å².